The molecule has 2 aromatic carbocycles. The van der Waals surface area contributed by atoms with Crippen LogP contribution in [0.2, 0.25) is 0 Å². The molecule has 23 heavy (non-hydrogen) atoms. The van der Waals surface area contributed by atoms with Gasteiger partial charge in [0.25, 0.3) is 0 Å². The average molecular weight is 359 g/mol. The molecule has 0 heterocycles. The summed E-state index contributed by atoms with van der Waals surface area (Å²) in [7, 11) is -4.45. The zero-order valence-electron chi connectivity index (χ0n) is 14.3. The van der Waals surface area contributed by atoms with E-state index in [1.807, 2.05) is 12.1 Å². The van der Waals surface area contributed by atoms with Crippen molar-refractivity contribution in [1.29, 1.82) is 0 Å². The van der Waals surface area contributed by atoms with Gasteiger partial charge in [-0.3, -0.25) is 0 Å². The predicted molar refractivity (Wildman–Crippen MR) is 89.1 cm³/mol. The number of hydrogen-bond donors (Lipinski definition) is 0. The van der Waals surface area contributed by atoms with Crippen molar-refractivity contribution in [2.45, 2.75) is 57.3 Å². The monoisotopic (exact) mass is 358 g/mol. The first-order valence-electron chi connectivity index (χ1n) is 7.98. The first-order chi connectivity index (χ1) is 10.5. The summed E-state index contributed by atoms with van der Waals surface area (Å²) in [6.07, 6.45) is 6.10. The van der Waals surface area contributed by atoms with Crippen LogP contribution in [0.4, 0.5) is 0 Å². The predicted octanol–water partition coefficient (Wildman–Crippen LogP) is 1.43. The third-order valence-electron chi connectivity index (χ3n) is 4.04. The van der Waals surface area contributed by atoms with Crippen molar-refractivity contribution in [1.82, 2.24) is 0 Å². The SMILES string of the molecule is CCCCc1cccc2c(S(=O)(=O)[O-])ccc(CCCC)c12.[K+]. The largest absolute Gasteiger partial charge is 1.00 e. The summed E-state index contributed by atoms with van der Waals surface area (Å²) in [5, 5.41) is 1.55. The van der Waals surface area contributed by atoms with Gasteiger partial charge in [0, 0.05) is 0 Å². The number of hydrogen-bond acceptors (Lipinski definition) is 3. The van der Waals surface area contributed by atoms with E-state index >= 15 is 0 Å². The fourth-order valence-corrected chi connectivity index (χ4v) is 3.58. The summed E-state index contributed by atoms with van der Waals surface area (Å²) in [6.45, 7) is 4.27. The number of rotatable bonds is 7. The molecule has 0 fully saturated rings. The van der Waals surface area contributed by atoms with E-state index in [0.717, 1.165) is 55.0 Å². The zero-order valence-corrected chi connectivity index (χ0v) is 18.2. The second-order valence-electron chi connectivity index (χ2n) is 5.72. The molecule has 3 nitrogen and oxygen atoms in total. The fourth-order valence-electron chi connectivity index (χ4n) is 2.90. The Labute approximate surface area is 182 Å². The Morgan fingerprint density at radius 1 is 0.913 bits per heavy atom. The smallest absolute Gasteiger partial charge is 0.744 e. The maximum atomic E-state index is 11.5. The van der Waals surface area contributed by atoms with E-state index in [9.17, 15) is 13.0 Å². The fraction of sp³-hybridized carbons (Fsp3) is 0.444. The van der Waals surface area contributed by atoms with Crippen LogP contribution >= 0.6 is 0 Å². The molecule has 0 saturated carbocycles. The van der Waals surface area contributed by atoms with Crippen molar-refractivity contribution in [3.63, 3.8) is 0 Å². The molecule has 5 heteroatoms. The summed E-state index contributed by atoms with van der Waals surface area (Å²) >= 11 is 0. The second kappa shape index (κ2) is 9.66. The van der Waals surface area contributed by atoms with Gasteiger partial charge in [-0.25, -0.2) is 8.42 Å². The van der Waals surface area contributed by atoms with Crippen molar-refractivity contribution in [2.24, 2.45) is 0 Å². The maximum Gasteiger partial charge on any atom is 1.00 e. The van der Waals surface area contributed by atoms with E-state index in [2.05, 4.69) is 19.9 Å². The Hall–Kier alpha value is 0.246. The van der Waals surface area contributed by atoms with E-state index in [1.54, 1.807) is 6.07 Å². The first-order valence-corrected chi connectivity index (χ1v) is 9.39. The molecule has 0 spiro atoms. The molecule has 0 amide bonds. The summed E-state index contributed by atoms with van der Waals surface area (Å²) in [4.78, 5) is -0.0962. The van der Waals surface area contributed by atoms with E-state index in [4.69, 9.17) is 0 Å². The van der Waals surface area contributed by atoms with Crippen molar-refractivity contribution >= 4 is 20.9 Å². The second-order valence-corrected chi connectivity index (χ2v) is 7.07. The van der Waals surface area contributed by atoms with Crippen LogP contribution in [0.25, 0.3) is 10.8 Å². The van der Waals surface area contributed by atoms with Gasteiger partial charge in [0.2, 0.25) is 0 Å². The molecule has 0 saturated heterocycles. The molecule has 0 aliphatic carbocycles. The Morgan fingerprint density at radius 3 is 2.00 bits per heavy atom. The number of benzene rings is 2. The molecule has 0 atom stereocenters. The molecule has 0 N–H and O–H groups in total. The van der Waals surface area contributed by atoms with Crippen LogP contribution in [-0.4, -0.2) is 13.0 Å². The van der Waals surface area contributed by atoms with Gasteiger partial charge in [-0.15, -0.1) is 0 Å². The third kappa shape index (κ3) is 5.36. The molecule has 0 bridgehead atoms. The third-order valence-corrected chi connectivity index (χ3v) is 4.94. The van der Waals surface area contributed by atoms with Crippen LogP contribution in [0, 0.1) is 0 Å². The average Bonchev–Trinajstić information content (AvgIpc) is 2.49. The van der Waals surface area contributed by atoms with Gasteiger partial charge in [-0.2, -0.15) is 0 Å². The van der Waals surface area contributed by atoms with Gasteiger partial charge >= 0.3 is 51.4 Å². The number of unbranched alkanes of at least 4 members (excludes halogenated alkanes) is 2. The van der Waals surface area contributed by atoms with E-state index in [0.29, 0.717) is 5.39 Å². The molecule has 0 aliphatic heterocycles. The van der Waals surface area contributed by atoms with Crippen LogP contribution in [-0.2, 0) is 23.0 Å². The molecular weight excluding hydrogens is 335 g/mol. The normalized spacial score (nSPS) is 11.4. The minimum atomic E-state index is -4.45. The molecule has 2 rings (SSSR count). The van der Waals surface area contributed by atoms with Gasteiger partial charge in [0.1, 0.15) is 10.1 Å². The van der Waals surface area contributed by atoms with E-state index in [1.165, 1.54) is 6.07 Å². The minimum Gasteiger partial charge on any atom is -0.744 e. The zero-order chi connectivity index (χ0) is 16.2. The van der Waals surface area contributed by atoms with Crippen LogP contribution in [0.15, 0.2) is 35.2 Å². The number of aryl methyl sites for hydroxylation is 2. The summed E-state index contributed by atoms with van der Waals surface area (Å²) in [5.74, 6) is 0. The molecule has 0 aromatic heterocycles. The standard InChI is InChI=1S/C18H24O3S.K/c1-3-5-8-14-10-7-11-16-17(22(19,20)21)13-12-15(18(14)16)9-6-4-2;/h7,10-13H,3-6,8-9H2,1-2H3,(H,19,20,21);/q;+1/p-1. The van der Waals surface area contributed by atoms with Gasteiger partial charge < -0.3 is 4.55 Å². The van der Waals surface area contributed by atoms with Crippen LogP contribution < -0.4 is 51.4 Å². The molecule has 2 aromatic rings. The van der Waals surface area contributed by atoms with Crippen molar-refractivity contribution in [2.75, 3.05) is 0 Å². The molecule has 0 aliphatic rings. The summed E-state index contributed by atoms with van der Waals surface area (Å²) in [5.41, 5.74) is 2.30. The van der Waals surface area contributed by atoms with Crippen molar-refractivity contribution < 1.29 is 64.4 Å². The topological polar surface area (TPSA) is 57.2 Å². The van der Waals surface area contributed by atoms with Crippen molar-refractivity contribution in [3.8, 4) is 0 Å². The molecule has 0 radical (unpaired) electrons. The van der Waals surface area contributed by atoms with Gasteiger partial charge in [-0.05, 0) is 53.6 Å². The van der Waals surface area contributed by atoms with Crippen LogP contribution in [0.5, 0.6) is 0 Å². The van der Waals surface area contributed by atoms with E-state index in [-0.39, 0.29) is 56.3 Å². The van der Waals surface area contributed by atoms with Gasteiger partial charge in [-0.1, -0.05) is 51.0 Å². The van der Waals surface area contributed by atoms with Crippen LogP contribution in [0.3, 0.4) is 0 Å². The first kappa shape index (κ1) is 21.3. The quantitative estimate of drug-likeness (QED) is 0.556. The Morgan fingerprint density at radius 2 is 1.48 bits per heavy atom. The van der Waals surface area contributed by atoms with Gasteiger partial charge in [0.15, 0.2) is 0 Å². The summed E-state index contributed by atoms with van der Waals surface area (Å²) in [6, 6.07) is 8.95. The molecule has 120 valence electrons. The Bertz CT molecular complexity index is 740. The van der Waals surface area contributed by atoms with Crippen molar-refractivity contribution in [3.05, 3.63) is 41.5 Å². The minimum absolute atomic E-state index is 0. The maximum absolute atomic E-state index is 11.5. The molecular formula is C18H23KO3S. The van der Waals surface area contributed by atoms with Crippen LogP contribution in [0.1, 0.15) is 50.7 Å². The Balaban J connectivity index is 0.00000264. The summed E-state index contributed by atoms with van der Waals surface area (Å²) < 4.78 is 34.6. The van der Waals surface area contributed by atoms with Gasteiger partial charge in [0.05, 0.1) is 4.90 Å². The van der Waals surface area contributed by atoms with E-state index < -0.39 is 10.1 Å². The Kier molecular flexibility index (Phi) is 8.94. The molecule has 0 unspecified atom stereocenters. The number of fused-ring (bicyclic) bond motifs is 1.